The van der Waals surface area contributed by atoms with Crippen LogP contribution in [0, 0.1) is 11.8 Å². The number of thiophene rings is 1. The molecule has 2 fully saturated rings. The highest BCUT2D eigenvalue weighted by Crippen LogP contribution is 2.49. The lowest BCUT2D eigenvalue weighted by Crippen LogP contribution is -2.34. The van der Waals surface area contributed by atoms with E-state index in [1.165, 1.54) is 24.1 Å². The van der Waals surface area contributed by atoms with Gasteiger partial charge in [-0.3, -0.25) is 4.99 Å². The quantitative estimate of drug-likeness (QED) is 0.619. The zero-order chi connectivity index (χ0) is 11.7. The van der Waals surface area contributed by atoms with Gasteiger partial charge in [0.1, 0.15) is 0 Å². The molecule has 3 nitrogen and oxygen atoms in total. The van der Waals surface area contributed by atoms with Crippen molar-refractivity contribution in [3.05, 3.63) is 22.4 Å². The van der Waals surface area contributed by atoms with Gasteiger partial charge in [-0.1, -0.05) is 6.07 Å². The lowest BCUT2D eigenvalue weighted by molar-refractivity contribution is 0.659. The van der Waals surface area contributed by atoms with Gasteiger partial charge in [-0.15, -0.1) is 11.3 Å². The van der Waals surface area contributed by atoms with Crippen LogP contribution in [0.5, 0.6) is 0 Å². The fourth-order valence-electron chi connectivity index (χ4n) is 2.40. The van der Waals surface area contributed by atoms with Crippen molar-refractivity contribution in [3.63, 3.8) is 0 Å². The van der Waals surface area contributed by atoms with Crippen LogP contribution in [0.25, 0.3) is 0 Å². The maximum Gasteiger partial charge on any atom is 0.188 e. The van der Waals surface area contributed by atoms with Crippen LogP contribution in [-0.4, -0.2) is 18.5 Å². The van der Waals surface area contributed by atoms with Gasteiger partial charge in [-0.25, -0.2) is 0 Å². The first-order chi connectivity index (χ1) is 8.33. The molecule has 0 aromatic carbocycles. The minimum Gasteiger partial charge on any atom is -0.370 e. The Labute approximate surface area is 106 Å². The highest BCUT2D eigenvalue weighted by Gasteiger charge is 2.47. The summed E-state index contributed by atoms with van der Waals surface area (Å²) in [4.78, 5) is 5.76. The van der Waals surface area contributed by atoms with Crippen LogP contribution in [-0.2, 0) is 6.42 Å². The van der Waals surface area contributed by atoms with Crippen molar-refractivity contribution in [1.29, 1.82) is 0 Å². The predicted molar refractivity (Wildman–Crippen MR) is 72.3 cm³/mol. The van der Waals surface area contributed by atoms with E-state index in [2.05, 4.69) is 27.8 Å². The zero-order valence-corrected chi connectivity index (χ0v) is 10.7. The molecule has 1 aromatic heterocycles. The molecule has 0 saturated heterocycles. The van der Waals surface area contributed by atoms with Gasteiger partial charge in [0.25, 0.3) is 0 Å². The van der Waals surface area contributed by atoms with Crippen LogP contribution in [0.1, 0.15) is 24.1 Å². The van der Waals surface area contributed by atoms with E-state index in [1.807, 2.05) is 0 Å². The maximum absolute atomic E-state index is 5.88. The first kappa shape index (κ1) is 11.1. The van der Waals surface area contributed by atoms with Crippen molar-refractivity contribution in [1.82, 2.24) is 5.32 Å². The van der Waals surface area contributed by atoms with Gasteiger partial charge in [0.15, 0.2) is 5.96 Å². The second kappa shape index (κ2) is 4.69. The standard InChI is InChI=1S/C13H19N3S/c14-13(15-6-5-10-2-1-7-17-10)16-12-8-11(12)9-3-4-9/h1-2,7,9,11-12H,3-6,8H2,(H3,14,15,16)/t11-,12+/m0/s1. The predicted octanol–water partition coefficient (Wildman–Crippen LogP) is 1.99. The summed E-state index contributed by atoms with van der Waals surface area (Å²) in [6, 6.07) is 4.84. The minimum absolute atomic E-state index is 0.619. The van der Waals surface area contributed by atoms with Crippen molar-refractivity contribution in [2.45, 2.75) is 31.7 Å². The van der Waals surface area contributed by atoms with E-state index in [9.17, 15) is 0 Å². The van der Waals surface area contributed by atoms with Gasteiger partial charge >= 0.3 is 0 Å². The fourth-order valence-corrected chi connectivity index (χ4v) is 3.10. The van der Waals surface area contributed by atoms with Crippen LogP contribution >= 0.6 is 11.3 Å². The van der Waals surface area contributed by atoms with E-state index in [1.54, 1.807) is 11.3 Å². The average Bonchev–Trinajstić information content (AvgIpc) is 3.19. The average molecular weight is 249 g/mol. The van der Waals surface area contributed by atoms with Crippen molar-refractivity contribution in [3.8, 4) is 0 Å². The highest BCUT2D eigenvalue weighted by molar-refractivity contribution is 7.09. The van der Waals surface area contributed by atoms with Gasteiger partial charge < -0.3 is 11.1 Å². The number of aliphatic imine (C=N–C) groups is 1. The molecule has 2 aliphatic carbocycles. The summed E-state index contributed by atoms with van der Waals surface area (Å²) in [5.41, 5.74) is 5.88. The van der Waals surface area contributed by atoms with E-state index in [-0.39, 0.29) is 0 Å². The molecule has 0 radical (unpaired) electrons. The number of hydrogen-bond donors (Lipinski definition) is 2. The molecule has 3 N–H and O–H groups in total. The lowest BCUT2D eigenvalue weighted by atomic mass is 10.3. The molecule has 92 valence electrons. The van der Waals surface area contributed by atoms with E-state index in [0.29, 0.717) is 12.0 Å². The Morgan fingerprint density at radius 3 is 3.12 bits per heavy atom. The zero-order valence-electron chi connectivity index (χ0n) is 9.93. The Morgan fingerprint density at radius 1 is 1.53 bits per heavy atom. The molecule has 1 heterocycles. The van der Waals surface area contributed by atoms with Gasteiger partial charge in [-0.05, 0) is 42.5 Å². The summed E-state index contributed by atoms with van der Waals surface area (Å²) >= 11 is 1.78. The van der Waals surface area contributed by atoms with E-state index >= 15 is 0 Å². The summed E-state index contributed by atoms with van der Waals surface area (Å²) in [7, 11) is 0. The molecule has 1 aromatic rings. The molecular weight excluding hydrogens is 230 g/mol. The first-order valence-corrected chi connectivity index (χ1v) is 7.30. The van der Waals surface area contributed by atoms with Crippen LogP contribution in [0.3, 0.4) is 0 Å². The second-order valence-electron chi connectivity index (χ2n) is 5.08. The number of nitrogens with zero attached hydrogens (tertiary/aromatic N) is 1. The highest BCUT2D eigenvalue weighted by atomic mass is 32.1. The summed E-state index contributed by atoms with van der Waals surface area (Å²) < 4.78 is 0. The molecule has 0 aliphatic heterocycles. The molecule has 0 amide bonds. The van der Waals surface area contributed by atoms with Gasteiger partial charge in [0.2, 0.25) is 0 Å². The number of rotatable bonds is 5. The number of hydrogen-bond acceptors (Lipinski definition) is 2. The smallest absolute Gasteiger partial charge is 0.188 e. The Balaban J connectivity index is 1.38. The fraction of sp³-hybridized carbons (Fsp3) is 0.615. The third kappa shape index (κ3) is 3.00. The molecule has 3 rings (SSSR count). The summed E-state index contributed by atoms with van der Waals surface area (Å²) in [5.74, 6) is 2.52. The van der Waals surface area contributed by atoms with Crippen molar-refractivity contribution < 1.29 is 0 Å². The van der Waals surface area contributed by atoms with Crippen molar-refractivity contribution in [2.24, 2.45) is 22.6 Å². The monoisotopic (exact) mass is 249 g/mol. The van der Waals surface area contributed by atoms with Crippen molar-refractivity contribution in [2.75, 3.05) is 6.54 Å². The molecule has 2 atom stereocenters. The summed E-state index contributed by atoms with van der Waals surface area (Å²) in [6.07, 6.45) is 5.15. The SMILES string of the molecule is NC(=NCCc1cccs1)N[C@@H]1C[C@H]1C1CC1. The topological polar surface area (TPSA) is 50.4 Å². The summed E-state index contributed by atoms with van der Waals surface area (Å²) in [5, 5.41) is 5.44. The molecule has 0 bridgehead atoms. The Kier molecular flexibility index (Phi) is 3.05. The van der Waals surface area contributed by atoms with E-state index in [0.717, 1.165) is 24.8 Å². The largest absolute Gasteiger partial charge is 0.370 e. The maximum atomic E-state index is 5.88. The van der Waals surface area contributed by atoms with Crippen LogP contribution in [0.2, 0.25) is 0 Å². The Bertz CT molecular complexity index is 395. The third-order valence-electron chi connectivity index (χ3n) is 3.62. The second-order valence-corrected chi connectivity index (χ2v) is 6.12. The molecule has 2 saturated carbocycles. The molecule has 0 spiro atoms. The third-order valence-corrected chi connectivity index (χ3v) is 4.56. The molecule has 17 heavy (non-hydrogen) atoms. The van der Waals surface area contributed by atoms with E-state index in [4.69, 9.17) is 5.73 Å². The number of nitrogens with one attached hydrogen (secondary N) is 1. The van der Waals surface area contributed by atoms with Crippen LogP contribution in [0.15, 0.2) is 22.5 Å². The van der Waals surface area contributed by atoms with Gasteiger partial charge in [-0.2, -0.15) is 0 Å². The normalized spacial score (nSPS) is 28.1. The van der Waals surface area contributed by atoms with Gasteiger partial charge in [0, 0.05) is 23.9 Å². The van der Waals surface area contributed by atoms with Crippen molar-refractivity contribution >= 4 is 17.3 Å². The first-order valence-electron chi connectivity index (χ1n) is 6.42. The van der Waals surface area contributed by atoms with Crippen LogP contribution < -0.4 is 11.1 Å². The molecule has 2 aliphatic rings. The van der Waals surface area contributed by atoms with Crippen LogP contribution in [0.4, 0.5) is 0 Å². The Morgan fingerprint density at radius 2 is 2.41 bits per heavy atom. The minimum atomic E-state index is 0.619. The Hall–Kier alpha value is -1.03. The lowest BCUT2D eigenvalue weighted by Gasteiger charge is -2.04. The number of nitrogens with two attached hydrogens (primary N) is 1. The molecular formula is C13H19N3S. The number of guanidine groups is 1. The molecule has 0 unspecified atom stereocenters. The summed E-state index contributed by atoms with van der Waals surface area (Å²) in [6.45, 7) is 0.792. The van der Waals surface area contributed by atoms with E-state index < -0.39 is 0 Å². The van der Waals surface area contributed by atoms with Gasteiger partial charge in [0.05, 0.1) is 0 Å². The molecule has 4 heteroatoms.